The fraction of sp³-hybridized carbons (Fsp3) is 0.222. The highest BCUT2D eigenvalue weighted by molar-refractivity contribution is 6.30. The first-order valence-electron chi connectivity index (χ1n) is 3.90. The van der Waals surface area contributed by atoms with Crippen molar-refractivity contribution in [3.63, 3.8) is 0 Å². The average Bonchev–Trinajstić information content (AvgIpc) is 2.16. The van der Waals surface area contributed by atoms with E-state index in [1.54, 1.807) is 0 Å². The van der Waals surface area contributed by atoms with Gasteiger partial charge in [0.2, 0.25) is 0 Å². The van der Waals surface area contributed by atoms with Crippen molar-refractivity contribution in [2.45, 2.75) is 5.67 Å². The lowest BCUT2D eigenvalue weighted by atomic mass is 9.96. The average molecular weight is 237 g/mol. The lowest BCUT2D eigenvalue weighted by molar-refractivity contribution is -0.154. The molecule has 0 aliphatic carbocycles. The summed E-state index contributed by atoms with van der Waals surface area (Å²) >= 11 is 5.42. The van der Waals surface area contributed by atoms with E-state index < -0.39 is 29.6 Å². The highest BCUT2D eigenvalue weighted by atomic mass is 35.5. The summed E-state index contributed by atoms with van der Waals surface area (Å²) in [6, 6.07) is 2.82. The van der Waals surface area contributed by atoms with Crippen LogP contribution in [0.25, 0.3) is 0 Å². The maximum atomic E-state index is 13.6. The van der Waals surface area contributed by atoms with Gasteiger partial charge in [0.25, 0.3) is 5.67 Å². The maximum absolute atomic E-state index is 13.6. The fourth-order valence-electron chi connectivity index (χ4n) is 1.08. The van der Waals surface area contributed by atoms with Crippen LogP contribution in [0.2, 0.25) is 5.02 Å². The van der Waals surface area contributed by atoms with Gasteiger partial charge in [-0.15, -0.1) is 0 Å². The van der Waals surface area contributed by atoms with Gasteiger partial charge in [0.15, 0.2) is 0 Å². The molecule has 15 heavy (non-hydrogen) atoms. The zero-order valence-corrected chi connectivity index (χ0v) is 8.13. The van der Waals surface area contributed by atoms with Crippen molar-refractivity contribution in [1.82, 2.24) is 0 Å². The Kier molecular flexibility index (Phi) is 3.26. The first-order chi connectivity index (χ1) is 6.91. The molecule has 82 valence electrons. The number of hydrogen-bond acceptors (Lipinski definition) is 2. The maximum Gasteiger partial charge on any atom is 0.348 e. The van der Waals surface area contributed by atoms with Gasteiger partial charge in [-0.05, 0) is 12.1 Å². The summed E-state index contributed by atoms with van der Waals surface area (Å²) < 4.78 is 26.8. The Labute approximate surface area is 88.9 Å². The van der Waals surface area contributed by atoms with Gasteiger partial charge >= 0.3 is 5.97 Å². The second-order valence-electron chi connectivity index (χ2n) is 2.89. The number of alkyl halides is 1. The van der Waals surface area contributed by atoms with Crippen molar-refractivity contribution < 1.29 is 23.8 Å². The number of aliphatic hydroxyl groups is 1. The molecule has 0 amide bonds. The number of carbonyl (C=O) groups is 1. The molecule has 1 atom stereocenters. The molecule has 0 aliphatic heterocycles. The largest absolute Gasteiger partial charge is 0.479 e. The van der Waals surface area contributed by atoms with Crippen LogP contribution in [0, 0.1) is 5.82 Å². The van der Waals surface area contributed by atoms with E-state index >= 15 is 0 Å². The predicted octanol–water partition coefficient (Wildman–Crippen LogP) is 1.72. The SMILES string of the molecule is O=C(O)C(F)(CO)c1ccc(Cl)cc1F. The summed E-state index contributed by atoms with van der Waals surface area (Å²) in [5, 5.41) is 17.2. The van der Waals surface area contributed by atoms with Crippen molar-refractivity contribution >= 4 is 17.6 Å². The van der Waals surface area contributed by atoms with Crippen LogP contribution in [-0.4, -0.2) is 22.8 Å². The highest BCUT2D eigenvalue weighted by Gasteiger charge is 2.42. The van der Waals surface area contributed by atoms with Gasteiger partial charge in [0.1, 0.15) is 5.82 Å². The van der Waals surface area contributed by atoms with Crippen LogP contribution in [0.15, 0.2) is 18.2 Å². The zero-order valence-electron chi connectivity index (χ0n) is 7.38. The Morgan fingerprint density at radius 3 is 2.53 bits per heavy atom. The van der Waals surface area contributed by atoms with Crippen molar-refractivity contribution in [3.05, 3.63) is 34.6 Å². The van der Waals surface area contributed by atoms with Gasteiger partial charge in [-0.1, -0.05) is 17.7 Å². The van der Waals surface area contributed by atoms with Crippen LogP contribution in [0.1, 0.15) is 5.56 Å². The van der Waals surface area contributed by atoms with Crippen LogP contribution in [0.5, 0.6) is 0 Å². The lowest BCUT2D eigenvalue weighted by Gasteiger charge is -2.18. The monoisotopic (exact) mass is 236 g/mol. The second-order valence-corrected chi connectivity index (χ2v) is 3.33. The van der Waals surface area contributed by atoms with Crippen molar-refractivity contribution in [2.24, 2.45) is 0 Å². The molecular weight excluding hydrogens is 230 g/mol. The molecule has 6 heteroatoms. The molecule has 0 spiro atoms. The molecule has 0 aliphatic rings. The topological polar surface area (TPSA) is 57.5 Å². The van der Waals surface area contributed by atoms with Gasteiger partial charge in [-0.2, -0.15) is 0 Å². The minimum absolute atomic E-state index is 0.0157. The summed E-state index contributed by atoms with van der Waals surface area (Å²) in [6.07, 6.45) is 0. The normalized spacial score (nSPS) is 14.7. The van der Waals surface area contributed by atoms with Gasteiger partial charge in [0.05, 0.1) is 6.61 Å². The van der Waals surface area contributed by atoms with Crippen LogP contribution in [-0.2, 0) is 10.5 Å². The van der Waals surface area contributed by atoms with Crippen molar-refractivity contribution in [2.75, 3.05) is 6.61 Å². The summed E-state index contributed by atoms with van der Waals surface area (Å²) in [4.78, 5) is 10.6. The summed E-state index contributed by atoms with van der Waals surface area (Å²) in [6.45, 7) is -1.35. The third-order valence-corrected chi connectivity index (χ3v) is 2.15. The van der Waals surface area contributed by atoms with E-state index in [0.29, 0.717) is 0 Å². The molecule has 0 saturated carbocycles. The van der Waals surface area contributed by atoms with Crippen molar-refractivity contribution in [1.29, 1.82) is 0 Å². The van der Waals surface area contributed by atoms with E-state index in [-0.39, 0.29) is 5.02 Å². The molecule has 2 N–H and O–H groups in total. The molecule has 0 radical (unpaired) electrons. The Morgan fingerprint density at radius 1 is 1.53 bits per heavy atom. The van der Waals surface area contributed by atoms with Crippen LogP contribution in [0.3, 0.4) is 0 Å². The number of aliphatic carboxylic acids is 1. The molecule has 3 nitrogen and oxygen atoms in total. The van der Waals surface area contributed by atoms with Gasteiger partial charge < -0.3 is 10.2 Å². The number of carboxylic acids is 1. The highest BCUT2D eigenvalue weighted by Crippen LogP contribution is 2.29. The second kappa shape index (κ2) is 4.12. The number of aliphatic hydroxyl groups excluding tert-OH is 1. The summed E-state index contributed by atoms with van der Waals surface area (Å²) in [7, 11) is 0. The van der Waals surface area contributed by atoms with Crippen LogP contribution in [0.4, 0.5) is 8.78 Å². The standard InChI is InChI=1S/C9H7ClF2O3/c10-5-1-2-6(7(11)3-5)9(12,4-13)8(14)15/h1-3,13H,4H2,(H,14,15). The minimum Gasteiger partial charge on any atom is -0.479 e. The molecule has 0 bridgehead atoms. The zero-order chi connectivity index (χ0) is 11.6. The number of hydrogen-bond donors (Lipinski definition) is 2. The number of benzene rings is 1. The number of carboxylic acid groups (broad SMARTS) is 1. The van der Waals surface area contributed by atoms with E-state index in [0.717, 1.165) is 18.2 Å². The Bertz CT molecular complexity index is 397. The molecule has 0 heterocycles. The molecule has 0 aromatic heterocycles. The van der Waals surface area contributed by atoms with E-state index in [2.05, 4.69) is 0 Å². The third kappa shape index (κ3) is 2.08. The fourth-order valence-corrected chi connectivity index (χ4v) is 1.24. The molecule has 1 unspecified atom stereocenters. The summed E-state index contributed by atoms with van der Waals surface area (Å²) in [5.74, 6) is -3.06. The van der Waals surface area contributed by atoms with E-state index in [4.69, 9.17) is 21.8 Å². The quantitative estimate of drug-likeness (QED) is 0.840. The van der Waals surface area contributed by atoms with Gasteiger partial charge in [-0.25, -0.2) is 13.6 Å². The molecule has 1 aromatic carbocycles. The van der Waals surface area contributed by atoms with Crippen molar-refractivity contribution in [3.8, 4) is 0 Å². The molecule has 0 fully saturated rings. The van der Waals surface area contributed by atoms with Gasteiger partial charge in [0, 0.05) is 10.6 Å². The number of halogens is 3. The predicted molar refractivity (Wildman–Crippen MR) is 48.9 cm³/mol. The smallest absolute Gasteiger partial charge is 0.348 e. The first kappa shape index (κ1) is 11.9. The third-order valence-electron chi connectivity index (χ3n) is 1.91. The van der Waals surface area contributed by atoms with E-state index in [1.165, 1.54) is 0 Å². The van der Waals surface area contributed by atoms with Crippen LogP contribution >= 0.6 is 11.6 Å². The molecule has 0 saturated heterocycles. The Morgan fingerprint density at radius 2 is 2.13 bits per heavy atom. The Hall–Kier alpha value is -1.20. The Balaban J connectivity index is 3.30. The number of rotatable bonds is 3. The van der Waals surface area contributed by atoms with E-state index in [9.17, 15) is 13.6 Å². The molecular formula is C9H7ClF2O3. The summed E-state index contributed by atoms with van der Waals surface area (Å²) in [5.41, 5.74) is -3.89. The minimum atomic E-state index is -3.14. The van der Waals surface area contributed by atoms with E-state index in [1.807, 2.05) is 0 Å². The van der Waals surface area contributed by atoms with Crippen LogP contribution < -0.4 is 0 Å². The first-order valence-corrected chi connectivity index (χ1v) is 4.28. The lowest BCUT2D eigenvalue weighted by Crippen LogP contribution is -2.35. The molecule has 1 aromatic rings. The molecule has 1 rings (SSSR count). The van der Waals surface area contributed by atoms with Gasteiger partial charge in [-0.3, -0.25) is 0 Å².